The third kappa shape index (κ3) is 4.98. The largest absolute Gasteiger partial charge is 0.324 e. The predicted octanol–water partition coefficient (Wildman–Crippen LogP) is 4.90. The van der Waals surface area contributed by atoms with E-state index >= 15 is 0 Å². The van der Waals surface area contributed by atoms with Crippen LogP contribution in [0.15, 0.2) is 53.7 Å². The molecule has 3 aromatic rings. The van der Waals surface area contributed by atoms with Crippen LogP contribution in [0.3, 0.4) is 0 Å². The molecule has 0 aliphatic carbocycles. The summed E-state index contributed by atoms with van der Waals surface area (Å²) in [5.74, 6) is 0.870. The number of benzene rings is 2. The highest BCUT2D eigenvalue weighted by atomic mass is 35.5. The van der Waals surface area contributed by atoms with Crippen molar-refractivity contribution in [1.82, 2.24) is 19.7 Å². The fourth-order valence-corrected chi connectivity index (χ4v) is 4.51. The SMILES string of the molecule is O=C(CSc1nnc(CN2CCCC2)n1-c1ccccc1)Nc1cccc(Cl)c1Cl. The van der Waals surface area contributed by atoms with Crippen LogP contribution in [0.1, 0.15) is 18.7 Å². The van der Waals surface area contributed by atoms with Gasteiger partial charge in [-0.05, 0) is 50.2 Å². The van der Waals surface area contributed by atoms with Crippen molar-refractivity contribution in [2.24, 2.45) is 0 Å². The molecule has 4 rings (SSSR count). The van der Waals surface area contributed by atoms with Gasteiger partial charge in [-0.2, -0.15) is 0 Å². The number of para-hydroxylation sites is 1. The number of thioether (sulfide) groups is 1. The Hall–Kier alpha value is -2.06. The molecule has 2 aromatic carbocycles. The van der Waals surface area contributed by atoms with Gasteiger partial charge in [-0.15, -0.1) is 10.2 Å². The van der Waals surface area contributed by atoms with Crippen molar-refractivity contribution in [3.63, 3.8) is 0 Å². The van der Waals surface area contributed by atoms with Crippen LogP contribution in [0.25, 0.3) is 5.69 Å². The van der Waals surface area contributed by atoms with Crippen molar-refractivity contribution >= 4 is 46.6 Å². The van der Waals surface area contributed by atoms with E-state index in [1.54, 1.807) is 18.2 Å². The molecule has 1 amide bonds. The Morgan fingerprint density at radius 3 is 2.57 bits per heavy atom. The van der Waals surface area contributed by atoms with E-state index in [2.05, 4.69) is 20.4 Å². The van der Waals surface area contributed by atoms with Crippen LogP contribution >= 0.6 is 35.0 Å². The van der Waals surface area contributed by atoms with Crippen LogP contribution in [0.4, 0.5) is 5.69 Å². The summed E-state index contributed by atoms with van der Waals surface area (Å²) < 4.78 is 2.03. The molecule has 0 bridgehead atoms. The van der Waals surface area contributed by atoms with E-state index in [4.69, 9.17) is 23.2 Å². The van der Waals surface area contributed by atoms with Crippen molar-refractivity contribution in [2.45, 2.75) is 24.5 Å². The summed E-state index contributed by atoms with van der Waals surface area (Å²) in [5.41, 5.74) is 1.48. The fraction of sp³-hybridized carbons (Fsp3) is 0.286. The third-order valence-electron chi connectivity index (χ3n) is 4.84. The lowest BCUT2D eigenvalue weighted by molar-refractivity contribution is -0.113. The number of anilines is 1. The standard InChI is InChI=1S/C21H21Cl2N5OS/c22-16-9-6-10-17(20(16)23)24-19(29)14-30-21-26-25-18(13-27-11-4-5-12-27)28(21)15-7-2-1-3-8-15/h1-3,6-10H,4-5,11-14H2,(H,24,29). The van der Waals surface area contributed by atoms with Gasteiger partial charge in [0.15, 0.2) is 11.0 Å². The Kier molecular flexibility index (Phi) is 6.94. The first-order valence-electron chi connectivity index (χ1n) is 9.70. The molecule has 0 atom stereocenters. The number of hydrogen-bond acceptors (Lipinski definition) is 5. The number of nitrogens with zero attached hydrogens (tertiary/aromatic N) is 4. The van der Waals surface area contributed by atoms with E-state index in [1.165, 1.54) is 24.6 Å². The number of aromatic nitrogens is 3. The Morgan fingerprint density at radius 1 is 1.03 bits per heavy atom. The predicted molar refractivity (Wildman–Crippen MR) is 122 cm³/mol. The van der Waals surface area contributed by atoms with Gasteiger partial charge < -0.3 is 5.32 Å². The molecule has 156 valence electrons. The second-order valence-electron chi connectivity index (χ2n) is 6.99. The quantitative estimate of drug-likeness (QED) is 0.506. The monoisotopic (exact) mass is 461 g/mol. The molecule has 0 saturated carbocycles. The number of carbonyl (C=O) groups excluding carboxylic acids is 1. The zero-order valence-corrected chi connectivity index (χ0v) is 18.6. The summed E-state index contributed by atoms with van der Waals surface area (Å²) in [6.45, 7) is 2.90. The lowest BCUT2D eigenvalue weighted by atomic mass is 10.3. The number of likely N-dealkylation sites (tertiary alicyclic amines) is 1. The van der Waals surface area contributed by atoms with Crippen LogP contribution in [0, 0.1) is 0 Å². The molecule has 6 nitrogen and oxygen atoms in total. The van der Waals surface area contributed by atoms with Crippen LogP contribution in [-0.2, 0) is 11.3 Å². The van der Waals surface area contributed by atoms with Crippen LogP contribution in [-0.4, -0.2) is 44.4 Å². The van der Waals surface area contributed by atoms with E-state index in [0.717, 1.165) is 31.1 Å². The molecule has 2 heterocycles. The molecule has 1 fully saturated rings. The minimum absolute atomic E-state index is 0.178. The maximum absolute atomic E-state index is 12.5. The van der Waals surface area contributed by atoms with Gasteiger partial charge in [-0.1, -0.05) is 59.2 Å². The zero-order chi connectivity index (χ0) is 20.9. The Morgan fingerprint density at radius 2 is 1.80 bits per heavy atom. The van der Waals surface area contributed by atoms with Gasteiger partial charge in [-0.3, -0.25) is 14.3 Å². The van der Waals surface area contributed by atoms with Crippen molar-refractivity contribution in [1.29, 1.82) is 0 Å². The Balaban J connectivity index is 1.50. The van der Waals surface area contributed by atoms with Crippen LogP contribution in [0.2, 0.25) is 10.0 Å². The van der Waals surface area contributed by atoms with E-state index in [0.29, 0.717) is 20.9 Å². The first-order valence-corrected chi connectivity index (χ1v) is 11.4. The lowest BCUT2D eigenvalue weighted by Crippen LogP contribution is -2.21. The van der Waals surface area contributed by atoms with Crippen molar-refractivity contribution in [2.75, 3.05) is 24.2 Å². The molecule has 1 aromatic heterocycles. The average molecular weight is 462 g/mol. The summed E-state index contributed by atoms with van der Waals surface area (Å²) in [4.78, 5) is 14.9. The summed E-state index contributed by atoms with van der Waals surface area (Å²) in [6, 6.07) is 15.1. The number of rotatable bonds is 7. The number of halogens is 2. The summed E-state index contributed by atoms with van der Waals surface area (Å²) in [5, 5.41) is 13.0. The zero-order valence-electron chi connectivity index (χ0n) is 16.2. The van der Waals surface area contributed by atoms with Crippen molar-refractivity contribution in [3.05, 3.63) is 64.4 Å². The minimum atomic E-state index is -0.187. The molecular weight excluding hydrogens is 441 g/mol. The summed E-state index contributed by atoms with van der Waals surface area (Å²) in [6.07, 6.45) is 2.43. The Bertz CT molecular complexity index is 1020. The van der Waals surface area contributed by atoms with Gasteiger partial charge in [0.1, 0.15) is 0 Å². The maximum atomic E-state index is 12.5. The van der Waals surface area contributed by atoms with Gasteiger partial charge in [-0.25, -0.2) is 0 Å². The highest BCUT2D eigenvalue weighted by molar-refractivity contribution is 7.99. The number of carbonyl (C=O) groups is 1. The topological polar surface area (TPSA) is 63.1 Å². The summed E-state index contributed by atoms with van der Waals surface area (Å²) >= 11 is 13.5. The minimum Gasteiger partial charge on any atom is -0.324 e. The molecule has 0 radical (unpaired) electrons. The molecule has 1 aliphatic rings. The van der Waals surface area contributed by atoms with E-state index in [-0.39, 0.29) is 11.7 Å². The first kappa shape index (κ1) is 21.2. The van der Waals surface area contributed by atoms with Crippen molar-refractivity contribution in [3.8, 4) is 5.69 Å². The van der Waals surface area contributed by atoms with Crippen LogP contribution < -0.4 is 5.32 Å². The van der Waals surface area contributed by atoms with Gasteiger partial charge in [0.2, 0.25) is 5.91 Å². The highest BCUT2D eigenvalue weighted by Crippen LogP contribution is 2.30. The molecule has 9 heteroatoms. The third-order valence-corrected chi connectivity index (χ3v) is 6.58. The number of nitrogens with one attached hydrogen (secondary N) is 1. The molecule has 1 aliphatic heterocycles. The number of hydrogen-bond donors (Lipinski definition) is 1. The summed E-state index contributed by atoms with van der Waals surface area (Å²) in [7, 11) is 0. The molecule has 0 spiro atoms. The first-order chi connectivity index (χ1) is 14.6. The van der Waals surface area contributed by atoms with Gasteiger partial charge in [0.25, 0.3) is 0 Å². The van der Waals surface area contributed by atoms with Crippen LogP contribution in [0.5, 0.6) is 0 Å². The average Bonchev–Trinajstić information content (AvgIpc) is 3.41. The molecule has 1 saturated heterocycles. The highest BCUT2D eigenvalue weighted by Gasteiger charge is 2.20. The fourth-order valence-electron chi connectivity index (χ4n) is 3.39. The maximum Gasteiger partial charge on any atom is 0.234 e. The van der Waals surface area contributed by atoms with E-state index < -0.39 is 0 Å². The molecule has 1 N–H and O–H groups in total. The normalized spacial score (nSPS) is 14.2. The van der Waals surface area contributed by atoms with Gasteiger partial charge >= 0.3 is 0 Å². The second-order valence-corrected chi connectivity index (χ2v) is 8.72. The molecule has 0 unspecified atom stereocenters. The van der Waals surface area contributed by atoms with E-state index in [9.17, 15) is 4.79 Å². The number of amides is 1. The molecule has 30 heavy (non-hydrogen) atoms. The Labute approximate surface area is 189 Å². The smallest absolute Gasteiger partial charge is 0.234 e. The van der Waals surface area contributed by atoms with E-state index in [1.807, 2.05) is 34.9 Å². The molecular formula is C21H21Cl2N5OS. The van der Waals surface area contributed by atoms with Crippen molar-refractivity contribution < 1.29 is 4.79 Å². The second kappa shape index (κ2) is 9.83. The lowest BCUT2D eigenvalue weighted by Gasteiger charge is -2.16. The van der Waals surface area contributed by atoms with Gasteiger partial charge in [0, 0.05) is 5.69 Å². The van der Waals surface area contributed by atoms with Gasteiger partial charge in [0.05, 0.1) is 28.0 Å².